The van der Waals surface area contributed by atoms with E-state index in [1.54, 1.807) is 6.20 Å². The second-order valence-electron chi connectivity index (χ2n) is 5.49. The maximum Gasteiger partial charge on any atom is 0.227 e. The second kappa shape index (κ2) is 7.50. The Morgan fingerprint density at radius 1 is 1.17 bits per heavy atom. The van der Waals surface area contributed by atoms with E-state index in [4.69, 9.17) is 4.52 Å². The van der Waals surface area contributed by atoms with Crippen LogP contribution in [0.1, 0.15) is 23.4 Å². The first-order chi connectivity index (χ1) is 11.7. The molecule has 1 amide bonds. The summed E-state index contributed by atoms with van der Waals surface area (Å²) in [5, 5.41) is 6.77. The van der Waals surface area contributed by atoms with Crippen LogP contribution in [-0.2, 0) is 17.8 Å². The van der Waals surface area contributed by atoms with Gasteiger partial charge in [-0.3, -0.25) is 9.78 Å². The van der Waals surface area contributed by atoms with E-state index in [0.717, 1.165) is 5.56 Å². The summed E-state index contributed by atoms with van der Waals surface area (Å²) < 4.78 is 5.16. The van der Waals surface area contributed by atoms with Crippen LogP contribution in [0.3, 0.4) is 0 Å². The standard InChI is InChI=1S/C18H18N4O2/c1-13-5-7-14(8-6-13)12-20-16(23)9-10-17-21-18(22-24-17)15-4-2-3-11-19-15/h2-8,11H,9-10,12H2,1H3,(H,20,23). The lowest BCUT2D eigenvalue weighted by Gasteiger charge is -2.04. The number of hydrogen-bond donors (Lipinski definition) is 1. The third-order valence-electron chi connectivity index (χ3n) is 3.54. The molecule has 0 aliphatic rings. The van der Waals surface area contributed by atoms with Crippen LogP contribution in [0.5, 0.6) is 0 Å². The Balaban J connectivity index is 1.48. The number of nitrogens with one attached hydrogen (secondary N) is 1. The van der Waals surface area contributed by atoms with E-state index < -0.39 is 0 Å². The molecule has 24 heavy (non-hydrogen) atoms. The van der Waals surface area contributed by atoms with E-state index in [2.05, 4.69) is 20.4 Å². The van der Waals surface area contributed by atoms with E-state index in [-0.39, 0.29) is 5.91 Å². The number of aromatic nitrogens is 3. The average molecular weight is 322 g/mol. The fraction of sp³-hybridized carbons (Fsp3) is 0.222. The number of carbonyl (C=O) groups is 1. The highest BCUT2D eigenvalue weighted by molar-refractivity contribution is 5.76. The maximum atomic E-state index is 11.9. The van der Waals surface area contributed by atoms with E-state index in [9.17, 15) is 4.79 Å². The summed E-state index contributed by atoms with van der Waals surface area (Å²) in [6, 6.07) is 13.6. The molecule has 1 aromatic carbocycles. The Morgan fingerprint density at radius 3 is 2.75 bits per heavy atom. The lowest BCUT2D eigenvalue weighted by atomic mass is 10.1. The van der Waals surface area contributed by atoms with Crippen LogP contribution in [0, 0.1) is 6.92 Å². The third kappa shape index (κ3) is 4.25. The molecule has 0 atom stereocenters. The van der Waals surface area contributed by atoms with Crippen molar-refractivity contribution in [2.75, 3.05) is 0 Å². The smallest absolute Gasteiger partial charge is 0.227 e. The topological polar surface area (TPSA) is 80.9 Å². The Morgan fingerprint density at radius 2 is 2.00 bits per heavy atom. The minimum absolute atomic E-state index is 0.0480. The van der Waals surface area contributed by atoms with Crippen LogP contribution in [0.25, 0.3) is 11.5 Å². The van der Waals surface area contributed by atoms with Crippen LogP contribution in [0.15, 0.2) is 53.2 Å². The number of aryl methyl sites for hydroxylation is 2. The van der Waals surface area contributed by atoms with Crippen molar-refractivity contribution in [3.63, 3.8) is 0 Å². The molecule has 6 heteroatoms. The van der Waals surface area contributed by atoms with Crippen LogP contribution < -0.4 is 5.32 Å². The van der Waals surface area contributed by atoms with Crippen LogP contribution in [0.4, 0.5) is 0 Å². The molecule has 1 N–H and O–H groups in total. The van der Waals surface area contributed by atoms with Gasteiger partial charge in [-0.05, 0) is 24.6 Å². The molecule has 0 fully saturated rings. The fourth-order valence-electron chi connectivity index (χ4n) is 2.17. The van der Waals surface area contributed by atoms with Crippen molar-refractivity contribution in [2.24, 2.45) is 0 Å². The van der Waals surface area contributed by atoms with Gasteiger partial charge in [-0.1, -0.05) is 41.1 Å². The monoisotopic (exact) mass is 322 g/mol. The number of rotatable bonds is 6. The van der Waals surface area contributed by atoms with Crippen LogP contribution in [-0.4, -0.2) is 21.0 Å². The summed E-state index contributed by atoms with van der Waals surface area (Å²) in [6.07, 6.45) is 2.37. The lowest BCUT2D eigenvalue weighted by Crippen LogP contribution is -2.23. The molecular weight excluding hydrogens is 304 g/mol. The normalized spacial score (nSPS) is 10.5. The number of carbonyl (C=O) groups excluding carboxylic acids is 1. The molecule has 0 saturated heterocycles. The molecule has 0 saturated carbocycles. The van der Waals surface area contributed by atoms with Gasteiger partial charge in [0.15, 0.2) is 0 Å². The number of pyridine rings is 1. The van der Waals surface area contributed by atoms with E-state index in [1.165, 1.54) is 5.56 Å². The fourth-order valence-corrected chi connectivity index (χ4v) is 2.17. The van der Waals surface area contributed by atoms with Crippen molar-refractivity contribution >= 4 is 5.91 Å². The zero-order valence-electron chi connectivity index (χ0n) is 13.4. The number of amides is 1. The molecule has 2 aromatic heterocycles. The largest absolute Gasteiger partial charge is 0.352 e. The first-order valence-corrected chi connectivity index (χ1v) is 7.77. The highest BCUT2D eigenvalue weighted by Crippen LogP contribution is 2.12. The van der Waals surface area contributed by atoms with E-state index in [0.29, 0.717) is 36.8 Å². The number of benzene rings is 1. The Labute approximate surface area is 139 Å². The molecule has 2 heterocycles. The van der Waals surface area contributed by atoms with Crippen molar-refractivity contribution in [2.45, 2.75) is 26.3 Å². The predicted molar refractivity (Wildman–Crippen MR) is 88.9 cm³/mol. The minimum Gasteiger partial charge on any atom is -0.352 e. The molecule has 0 aliphatic carbocycles. The highest BCUT2D eigenvalue weighted by Gasteiger charge is 2.11. The number of hydrogen-bond acceptors (Lipinski definition) is 5. The summed E-state index contributed by atoms with van der Waals surface area (Å²) in [4.78, 5) is 20.3. The molecule has 0 spiro atoms. The van der Waals surface area contributed by atoms with Gasteiger partial charge in [0, 0.05) is 25.6 Å². The average Bonchev–Trinajstić information content (AvgIpc) is 3.09. The van der Waals surface area contributed by atoms with Crippen molar-refractivity contribution in [3.8, 4) is 11.5 Å². The second-order valence-corrected chi connectivity index (χ2v) is 5.49. The van der Waals surface area contributed by atoms with Crippen molar-refractivity contribution in [1.29, 1.82) is 0 Å². The Bertz CT molecular complexity index is 797. The molecular formula is C18H18N4O2. The van der Waals surface area contributed by atoms with E-state index in [1.807, 2.05) is 49.4 Å². The van der Waals surface area contributed by atoms with Gasteiger partial charge >= 0.3 is 0 Å². The molecule has 0 bridgehead atoms. The minimum atomic E-state index is -0.0480. The summed E-state index contributed by atoms with van der Waals surface area (Å²) in [5.74, 6) is 0.819. The van der Waals surface area contributed by atoms with Crippen molar-refractivity contribution in [3.05, 3.63) is 65.7 Å². The molecule has 122 valence electrons. The van der Waals surface area contributed by atoms with Gasteiger partial charge in [0.2, 0.25) is 17.6 Å². The summed E-state index contributed by atoms with van der Waals surface area (Å²) in [5.41, 5.74) is 2.92. The Kier molecular flexibility index (Phi) is 4.96. The van der Waals surface area contributed by atoms with Gasteiger partial charge in [0.1, 0.15) is 5.69 Å². The molecule has 6 nitrogen and oxygen atoms in total. The molecule has 0 radical (unpaired) electrons. The molecule has 0 aliphatic heterocycles. The molecule has 3 aromatic rings. The third-order valence-corrected chi connectivity index (χ3v) is 3.54. The van der Waals surface area contributed by atoms with Gasteiger partial charge in [-0.25, -0.2) is 0 Å². The first-order valence-electron chi connectivity index (χ1n) is 7.77. The number of nitrogens with zero attached hydrogens (tertiary/aromatic N) is 3. The Hall–Kier alpha value is -3.02. The van der Waals surface area contributed by atoms with Crippen molar-refractivity contribution < 1.29 is 9.32 Å². The zero-order valence-corrected chi connectivity index (χ0v) is 13.4. The van der Waals surface area contributed by atoms with Crippen molar-refractivity contribution in [1.82, 2.24) is 20.4 Å². The summed E-state index contributed by atoms with van der Waals surface area (Å²) >= 11 is 0. The predicted octanol–water partition coefficient (Wildman–Crippen LogP) is 2.69. The van der Waals surface area contributed by atoms with Gasteiger partial charge in [-0.2, -0.15) is 4.98 Å². The van der Waals surface area contributed by atoms with Crippen LogP contribution in [0.2, 0.25) is 0 Å². The molecule has 3 rings (SSSR count). The quantitative estimate of drug-likeness (QED) is 0.754. The lowest BCUT2D eigenvalue weighted by molar-refractivity contribution is -0.121. The van der Waals surface area contributed by atoms with Gasteiger partial charge < -0.3 is 9.84 Å². The highest BCUT2D eigenvalue weighted by atomic mass is 16.5. The maximum absolute atomic E-state index is 11.9. The van der Waals surface area contributed by atoms with Gasteiger partial charge in [0.05, 0.1) is 0 Å². The summed E-state index contributed by atoms with van der Waals surface area (Å²) in [6.45, 7) is 2.55. The zero-order chi connectivity index (χ0) is 16.8. The van der Waals surface area contributed by atoms with E-state index >= 15 is 0 Å². The first kappa shape index (κ1) is 15.9. The SMILES string of the molecule is Cc1ccc(CNC(=O)CCc2nc(-c3ccccn3)no2)cc1. The summed E-state index contributed by atoms with van der Waals surface area (Å²) in [7, 11) is 0. The van der Waals surface area contributed by atoms with Gasteiger partial charge in [0.25, 0.3) is 0 Å². The van der Waals surface area contributed by atoms with Crippen LogP contribution >= 0.6 is 0 Å². The molecule has 0 unspecified atom stereocenters. The van der Waals surface area contributed by atoms with Gasteiger partial charge in [-0.15, -0.1) is 0 Å².